The maximum absolute atomic E-state index is 11.6. The fourth-order valence-corrected chi connectivity index (χ4v) is 1.74. The predicted molar refractivity (Wildman–Crippen MR) is 59.7 cm³/mol. The predicted octanol–water partition coefficient (Wildman–Crippen LogP) is 0.670. The summed E-state index contributed by atoms with van der Waals surface area (Å²) in [6.45, 7) is 8.15. The molecule has 1 heterocycles. The van der Waals surface area contributed by atoms with E-state index < -0.39 is 0 Å². The first-order valence-corrected chi connectivity index (χ1v) is 5.72. The van der Waals surface area contributed by atoms with Gasteiger partial charge < -0.3 is 15.4 Å². The molecule has 1 aliphatic rings. The monoisotopic (exact) mass is 214 g/mol. The summed E-state index contributed by atoms with van der Waals surface area (Å²) < 4.78 is 5.46. The third-order valence-electron chi connectivity index (χ3n) is 3.02. The van der Waals surface area contributed by atoms with Gasteiger partial charge in [0.1, 0.15) is 0 Å². The van der Waals surface area contributed by atoms with Crippen molar-refractivity contribution in [3.8, 4) is 0 Å². The summed E-state index contributed by atoms with van der Waals surface area (Å²) in [6, 6.07) is 0. The molecular formula is C11H22N2O2. The van der Waals surface area contributed by atoms with Crippen LogP contribution in [0.2, 0.25) is 0 Å². The van der Waals surface area contributed by atoms with Gasteiger partial charge in [0, 0.05) is 6.61 Å². The number of hydrogen-bond donors (Lipinski definition) is 2. The molecule has 1 saturated heterocycles. The normalized spacial score (nSPS) is 30.5. The molecule has 88 valence electrons. The third-order valence-corrected chi connectivity index (χ3v) is 3.02. The number of carbonyl (C=O) groups excluding carboxylic acids is 1. The minimum atomic E-state index is -0.190. The summed E-state index contributed by atoms with van der Waals surface area (Å²) in [7, 11) is 0. The van der Waals surface area contributed by atoms with E-state index in [0.717, 1.165) is 26.0 Å². The van der Waals surface area contributed by atoms with Crippen LogP contribution in [0.3, 0.4) is 0 Å². The van der Waals surface area contributed by atoms with Gasteiger partial charge in [0.2, 0.25) is 5.91 Å². The number of amides is 1. The zero-order chi connectivity index (χ0) is 11.3. The summed E-state index contributed by atoms with van der Waals surface area (Å²) >= 11 is 0. The minimum Gasteiger partial charge on any atom is -0.376 e. The highest BCUT2D eigenvalue weighted by Gasteiger charge is 2.37. The second-order valence-corrected chi connectivity index (χ2v) is 4.41. The van der Waals surface area contributed by atoms with Crippen LogP contribution in [0.4, 0.5) is 0 Å². The third kappa shape index (κ3) is 3.47. The molecule has 0 spiro atoms. The van der Waals surface area contributed by atoms with Gasteiger partial charge in [-0.2, -0.15) is 0 Å². The molecule has 0 bridgehead atoms. The molecule has 4 heteroatoms. The van der Waals surface area contributed by atoms with Crippen molar-refractivity contribution < 1.29 is 9.53 Å². The number of nitrogens with one attached hydrogen (secondary N) is 2. The topological polar surface area (TPSA) is 50.4 Å². The summed E-state index contributed by atoms with van der Waals surface area (Å²) in [5.74, 6) is 0.0586. The molecule has 2 atom stereocenters. The van der Waals surface area contributed by atoms with E-state index in [1.54, 1.807) is 0 Å². The lowest BCUT2D eigenvalue weighted by Gasteiger charge is -2.28. The van der Waals surface area contributed by atoms with E-state index in [0.29, 0.717) is 6.54 Å². The van der Waals surface area contributed by atoms with Gasteiger partial charge >= 0.3 is 0 Å². The van der Waals surface area contributed by atoms with Crippen molar-refractivity contribution in [2.45, 2.75) is 45.3 Å². The maximum Gasteiger partial charge on any atom is 0.234 e. The Kier molecular flexibility index (Phi) is 4.54. The van der Waals surface area contributed by atoms with Crippen LogP contribution >= 0.6 is 0 Å². The number of hydrogen-bond acceptors (Lipinski definition) is 3. The van der Waals surface area contributed by atoms with E-state index >= 15 is 0 Å². The van der Waals surface area contributed by atoms with E-state index in [9.17, 15) is 4.79 Å². The molecule has 0 radical (unpaired) electrons. The Morgan fingerprint density at radius 2 is 2.33 bits per heavy atom. The van der Waals surface area contributed by atoms with Crippen molar-refractivity contribution >= 4 is 5.91 Å². The van der Waals surface area contributed by atoms with Crippen LogP contribution in [0.5, 0.6) is 0 Å². The molecule has 4 nitrogen and oxygen atoms in total. The molecule has 2 N–H and O–H groups in total. The average molecular weight is 214 g/mol. The number of ether oxygens (including phenoxy) is 1. The Morgan fingerprint density at radius 3 is 2.87 bits per heavy atom. The first kappa shape index (κ1) is 12.5. The van der Waals surface area contributed by atoms with Crippen LogP contribution in [0.25, 0.3) is 0 Å². The summed E-state index contributed by atoms with van der Waals surface area (Å²) in [6.07, 6.45) is 2.05. The Balaban J connectivity index is 2.30. The minimum absolute atomic E-state index is 0.0586. The Bertz CT molecular complexity index is 221. The van der Waals surface area contributed by atoms with E-state index in [2.05, 4.69) is 17.6 Å². The van der Waals surface area contributed by atoms with Gasteiger partial charge in [0.25, 0.3) is 0 Å². The van der Waals surface area contributed by atoms with Crippen molar-refractivity contribution in [2.24, 2.45) is 0 Å². The van der Waals surface area contributed by atoms with Gasteiger partial charge in [-0.25, -0.2) is 0 Å². The average Bonchev–Trinajstić information content (AvgIpc) is 2.47. The smallest absolute Gasteiger partial charge is 0.234 e. The van der Waals surface area contributed by atoms with E-state index in [1.165, 1.54) is 0 Å². The van der Waals surface area contributed by atoms with E-state index in [4.69, 9.17) is 4.74 Å². The van der Waals surface area contributed by atoms with Crippen molar-refractivity contribution in [2.75, 3.05) is 19.7 Å². The van der Waals surface area contributed by atoms with Crippen LogP contribution in [0.1, 0.15) is 33.6 Å². The summed E-state index contributed by atoms with van der Waals surface area (Å²) in [5, 5.41) is 6.13. The quantitative estimate of drug-likeness (QED) is 0.661. The largest absolute Gasteiger partial charge is 0.376 e. The van der Waals surface area contributed by atoms with E-state index in [-0.39, 0.29) is 17.6 Å². The molecule has 0 aromatic heterocycles. The van der Waals surface area contributed by atoms with Gasteiger partial charge in [-0.15, -0.1) is 0 Å². The van der Waals surface area contributed by atoms with Crippen molar-refractivity contribution in [1.29, 1.82) is 0 Å². The fraction of sp³-hybridized carbons (Fsp3) is 0.909. The Hall–Kier alpha value is -0.610. The molecule has 0 aromatic rings. The second kappa shape index (κ2) is 5.47. The van der Waals surface area contributed by atoms with Crippen LogP contribution in [0.15, 0.2) is 0 Å². The first-order valence-electron chi connectivity index (χ1n) is 5.72. The molecule has 1 aliphatic heterocycles. The molecule has 1 fully saturated rings. The molecule has 0 saturated carbocycles. The lowest BCUT2D eigenvalue weighted by atomic mass is 9.95. The zero-order valence-electron chi connectivity index (χ0n) is 9.93. The molecule has 1 amide bonds. The molecule has 0 aromatic carbocycles. The lowest BCUT2D eigenvalue weighted by Crippen LogP contribution is -2.52. The van der Waals surface area contributed by atoms with Crippen LogP contribution < -0.4 is 10.6 Å². The van der Waals surface area contributed by atoms with Gasteiger partial charge in [-0.05, 0) is 33.2 Å². The second-order valence-electron chi connectivity index (χ2n) is 4.41. The standard InChI is InChI=1S/C11H22N2O2/c1-4-6-12-8-10(14)13-11(3)5-7-15-9(11)2/h9,12H,4-8H2,1-3H3,(H,13,14). The fourth-order valence-electron chi connectivity index (χ4n) is 1.74. The summed E-state index contributed by atoms with van der Waals surface area (Å²) in [4.78, 5) is 11.6. The molecule has 0 aliphatic carbocycles. The van der Waals surface area contributed by atoms with Gasteiger partial charge in [-0.3, -0.25) is 4.79 Å². The summed E-state index contributed by atoms with van der Waals surface area (Å²) in [5.41, 5.74) is -0.190. The lowest BCUT2D eigenvalue weighted by molar-refractivity contribution is -0.122. The van der Waals surface area contributed by atoms with Crippen molar-refractivity contribution in [3.05, 3.63) is 0 Å². The Labute approximate surface area is 91.8 Å². The highest BCUT2D eigenvalue weighted by atomic mass is 16.5. The van der Waals surface area contributed by atoms with Crippen LogP contribution in [-0.4, -0.2) is 37.2 Å². The molecule has 15 heavy (non-hydrogen) atoms. The van der Waals surface area contributed by atoms with Gasteiger partial charge in [0.15, 0.2) is 0 Å². The van der Waals surface area contributed by atoms with Crippen molar-refractivity contribution in [3.63, 3.8) is 0 Å². The molecular weight excluding hydrogens is 192 g/mol. The number of rotatable bonds is 5. The molecule has 2 unspecified atom stereocenters. The first-order chi connectivity index (χ1) is 7.08. The van der Waals surface area contributed by atoms with Crippen LogP contribution in [-0.2, 0) is 9.53 Å². The van der Waals surface area contributed by atoms with Gasteiger partial charge in [-0.1, -0.05) is 6.92 Å². The van der Waals surface area contributed by atoms with Gasteiger partial charge in [0.05, 0.1) is 18.2 Å². The highest BCUT2D eigenvalue weighted by molar-refractivity contribution is 5.78. The Morgan fingerprint density at radius 1 is 1.60 bits per heavy atom. The van der Waals surface area contributed by atoms with Crippen LogP contribution in [0, 0.1) is 0 Å². The van der Waals surface area contributed by atoms with Crippen molar-refractivity contribution in [1.82, 2.24) is 10.6 Å². The maximum atomic E-state index is 11.6. The zero-order valence-corrected chi connectivity index (χ0v) is 9.93. The number of carbonyl (C=O) groups is 1. The SMILES string of the molecule is CCCNCC(=O)NC1(C)CCOC1C. The molecule has 1 rings (SSSR count). The highest BCUT2D eigenvalue weighted by Crippen LogP contribution is 2.24. The van der Waals surface area contributed by atoms with E-state index in [1.807, 2.05) is 13.8 Å².